The number of anilines is 1. The van der Waals surface area contributed by atoms with Crippen molar-refractivity contribution >= 4 is 21.6 Å². The highest BCUT2D eigenvalue weighted by Crippen LogP contribution is 2.33. The largest absolute Gasteiger partial charge is 0.493 e. The van der Waals surface area contributed by atoms with Crippen LogP contribution in [0.4, 0.5) is 5.69 Å². The minimum Gasteiger partial charge on any atom is -0.493 e. The third-order valence-electron chi connectivity index (χ3n) is 6.23. The van der Waals surface area contributed by atoms with Gasteiger partial charge < -0.3 is 14.4 Å². The number of hydrogen-bond acceptors (Lipinski definition) is 5. The molecule has 0 spiro atoms. The van der Waals surface area contributed by atoms with Crippen molar-refractivity contribution < 1.29 is 22.7 Å². The highest BCUT2D eigenvalue weighted by molar-refractivity contribution is 7.92. The van der Waals surface area contributed by atoms with Gasteiger partial charge in [-0.3, -0.25) is 9.10 Å². The fourth-order valence-corrected chi connectivity index (χ4v) is 5.83. The lowest BCUT2D eigenvalue weighted by Crippen LogP contribution is -2.46. The Morgan fingerprint density at radius 2 is 1.55 bits per heavy atom. The van der Waals surface area contributed by atoms with Gasteiger partial charge in [-0.15, -0.1) is 0 Å². The molecule has 3 rings (SSSR count). The Morgan fingerprint density at radius 1 is 0.939 bits per heavy atom. The fraction of sp³-hybridized carbons (Fsp3) is 0.480. The molecule has 2 aromatic rings. The predicted molar refractivity (Wildman–Crippen MR) is 130 cm³/mol. The molecule has 2 aromatic carbocycles. The number of benzene rings is 2. The number of carbonyl (C=O) groups excluding carboxylic acids is 1. The molecule has 0 heterocycles. The van der Waals surface area contributed by atoms with Crippen LogP contribution in [0, 0.1) is 13.8 Å². The van der Waals surface area contributed by atoms with Crippen molar-refractivity contribution in [1.82, 2.24) is 4.90 Å². The number of rotatable bonds is 8. The second-order valence-corrected chi connectivity index (χ2v) is 10.5. The van der Waals surface area contributed by atoms with E-state index in [-0.39, 0.29) is 23.4 Å². The number of likely N-dealkylation sites (N-methyl/N-ethyl adjacent to an activating group) is 1. The average Bonchev–Trinajstić information content (AvgIpc) is 2.81. The van der Waals surface area contributed by atoms with Crippen LogP contribution in [0.3, 0.4) is 0 Å². The first-order chi connectivity index (χ1) is 15.7. The highest BCUT2D eigenvalue weighted by Gasteiger charge is 2.31. The van der Waals surface area contributed by atoms with Gasteiger partial charge in [-0.25, -0.2) is 8.42 Å². The molecule has 1 amide bonds. The van der Waals surface area contributed by atoms with Crippen LogP contribution in [0.25, 0.3) is 0 Å². The van der Waals surface area contributed by atoms with Crippen LogP contribution in [0.2, 0.25) is 0 Å². The maximum absolute atomic E-state index is 13.8. The molecule has 1 aliphatic carbocycles. The van der Waals surface area contributed by atoms with Crippen molar-refractivity contribution in [1.29, 1.82) is 0 Å². The number of aryl methyl sites for hydroxylation is 2. The van der Waals surface area contributed by atoms with E-state index in [1.165, 1.54) is 37.1 Å². The number of ether oxygens (including phenoxy) is 2. The van der Waals surface area contributed by atoms with Crippen molar-refractivity contribution in [2.75, 3.05) is 32.1 Å². The standard InChI is InChI=1S/C25H34N2O5S/c1-18-13-19(2)15-21(14-18)27(17-25(28)26(3)20-9-7-6-8-10-20)33(29,30)22-11-12-23(31-4)24(16-22)32-5/h11-16,20H,6-10,17H2,1-5H3. The zero-order valence-electron chi connectivity index (χ0n) is 20.1. The van der Waals surface area contributed by atoms with Gasteiger partial charge in [0.05, 0.1) is 24.8 Å². The zero-order valence-corrected chi connectivity index (χ0v) is 20.9. The van der Waals surface area contributed by atoms with Gasteiger partial charge in [0.1, 0.15) is 6.54 Å². The van der Waals surface area contributed by atoms with Crippen molar-refractivity contribution in [3.8, 4) is 11.5 Å². The Kier molecular flexibility index (Phi) is 7.89. The van der Waals surface area contributed by atoms with Crippen molar-refractivity contribution in [2.45, 2.75) is 56.9 Å². The number of hydrogen-bond donors (Lipinski definition) is 0. The lowest BCUT2D eigenvalue weighted by Gasteiger charge is -2.33. The highest BCUT2D eigenvalue weighted by atomic mass is 32.2. The number of nitrogens with zero attached hydrogens (tertiary/aromatic N) is 2. The third kappa shape index (κ3) is 5.61. The Hall–Kier alpha value is -2.74. The van der Waals surface area contributed by atoms with E-state index in [1.807, 2.05) is 19.9 Å². The molecule has 0 bridgehead atoms. The van der Waals surface area contributed by atoms with E-state index in [0.717, 1.165) is 36.8 Å². The van der Waals surface area contributed by atoms with E-state index in [0.29, 0.717) is 17.2 Å². The molecule has 0 saturated heterocycles. The average molecular weight is 475 g/mol. The lowest BCUT2D eigenvalue weighted by molar-refractivity contribution is -0.130. The Labute approximate surface area is 197 Å². The predicted octanol–water partition coefficient (Wildman–Crippen LogP) is 4.31. The summed E-state index contributed by atoms with van der Waals surface area (Å²) in [6, 6.07) is 10.2. The minimum atomic E-state index is -4.05. The zero-order chi connectivity index (χ0) is 24.2. The molecule has 0 radical (unpaired) electrons. The molecule has 1 fully saturated rings. The summed E-state index contributed by atoms with van der Waals surface area (Å²) in [4.78, 5) is 15.0. The van der Waals surface area contributed by atoms with E-state index in [1.54, 1.807) is 30.1 Å². The second kappa shape index (κ2) is 10.5. The van der Waals surface area contributed by atoms with Crippen molar-refractivity contribution in [3.05, 3.63) is 47.5 Å². The lowest BCUT2D eigenvalue weighted by atomic mass is 9.94. The van der Waals surface area contributed by atoms with E-state index < -0.39 is 10.0 Å². The van der Waals surface area contributed by atoms with Gasteiger partial charge in [0.25, 0.3) is 10.0 Å². The molecule has 1 saturated carbocycles. The molecule has 0 aromatic heterocycles. The van der Waals surface area contributed by atoms with Gasteiger partial charge in [-0.1, -0.05) is 25.3 Å². The van der Waals surface area contributed by atoms with Gasteiger partial charge in [0, 0.05) is 19.2 Å². The van der Waals surface area contributed by atoms with Gasteiger partial charge in [0.2, 0.25) is 5.91 Å². The number of carbonyl (C=O) groups is 1. The summed E-state index contributed by atoms with van der Waals surface area (Å²) in [5, 5.41) is 0. The first kappa shape index (κ1) is 24.9. The Bertz CT molecular complexity index is 1070. The summed E-state index contributed by atoms with van der Waals surface area (Å²) in [5.41, 5.74) is 2.31. The van der Waals surface area contributed by atoms with Crippen LogP contribution in [-0.2, 0) is 14.8 Å². The molecule has 0 atom stereocenters. The summed E-state index contributed by atoms with van der Waals surface area (Å²) < 4.78 is 39.4. The summed E-state index contributed by atoms with van der Waals surface area (Å²) in [5.74, 6) is 0.525. The molecule has 1 aliphatic rings. The van der Waals surface area contributed by atoms with Crippen LogP contribution in [0.15, 0.2) is 41.3 Å². The second-order valence-electron chi connectivity index (χ2n) is 8.67. The number of amides is 1. The van der Waals surface area contributed by atoms with Crippen molar-refractivity contribution in [2.24, 2.45) is 0 Å². The van der Waals surface area contributed by atoms with E-state index in [2.05, 4.69) is 0 Å². The van der Waals surface area contributed by atoms with Gasteiger partial charge in [-0.05, 0) is 62.1 Å². The summed E-state index contributed by atoms with van der Waals surface area (Å²) in [7, 11) is 0.675. The quantitative estimate of drug-likeness (QED) is 0.570. The molecule has 0 aliphatic heterocycles. The first-order valence-corrected chi connectivity index (χ1v) is 12.7. The maximum atomic E-state index is 13.8. The molecule has 8 heteroatoms. The molecule has 7 nitrogen and oxygen atoms in total. The topological polar surface area (TPSA) is 76.2 Å². The molecular formula is C25H34N2O5S. The number of methoxy groups -OCH3 is 2. The maximum Gasteiger partial charge on any atom is 0.264 e. The van der Waals surface area contributed by atoms with Crippen molar-refractivity contribution in [3.63, 3.8) is 0 Å². The van der Waals surface area contributed by atoms with Gasteiger partial charge in [-0.2, -0.15) is 0 Å². The van der Waals surface area contributed by atoms with Crippen LogP contribution >= 0.6 is 0 Å². The van der Waals surface area contributed by atoms with E-state index in [4.69, 9.17) is 9.47 Å². The Morgan fingerprint density at radius 3 is 2.12 bits per heavy atom. The summed E-state index contributed by atoms with van der Waals surface area (Å²) >= 11 is 0. The normalized spacial score (nSPS) is 14.6. The van der Waals surface area contributed by atoms with Crippen LogP contribution in [-0.4, -0.2) is 53.1 Å². The molecule has 0 unspecified atom stereocenters. The van der Waals surface area contributed by atoms with E-state index in [9.17, 15) is 13.2 Å². The Balaban J connectivity index is 2.02. The summed E-state index contributed by atoms with van der Waals surface area (Å²) in [6.07, 6.45) is 5.27. The van der Waals surface area contributed by atoms with Gasteiger partial charge >= 0.3 is 0 Å². The van der Waals surface area contributed by atoms with Crippen LogP contribution in [0.5, 0.6) is 11.5 Å². The minimum absolute atomic E-state index is 0.0347. The van der Waals surface area contributed by atoms with Crippen LogP contribution < -0.4 is 13.8 Å². The molecule has 0 N–H and O–H groups in total. The smallest absolute Gasteiger partial charge is 0.264 e. The van der Waals surface area contributed by atoms with Crippen LogP contribution in [0.1, 0.15) is 43.2 Å². The SMILES string of the molecule is COc1ccc(S(=O)(=O)N(CC(=O)N(C)C2CCCCC2)c2cc(C)cc(C)c2)cc1OC. The van der Waals surface area contributed by atoms with Gasteiger partial charge in [0.15, 0.2) is 11.5 Å². The fourth-order valence-electron chi connectivity index (χ4n) is 4.42. The number of sulfonamides is 1. The monoisotopic (exact) mass is 474 g/mol. The molecular weight excluding hydrogens is 440 g/mol. The molecule has 180 valence electrons. The molecule has 33 heavy (non-hydrogen) atoms. The first-order valence-electron chi connectivity index (χ1n) is 11.3. The third-order valence-corrected chi connectivity index (χ3v) is 8.00. The summed E-state index contributed by atoms with van der Waals surface area (Å²) in [6.45, 7) is 3.55. The van der Waals surface area contributed by atoms with E-state index >= 15 is 0 Å².